The molecule has 1 aliphatic carbocycles. The topological polar surface area (TPSA) is 24.8 Å². The summed E-state index contributed by atoms with van der Waals surface area (Å²) in [4.78, 5) is 0. The second-order valence-electron chi connectivity index (χ2n) is 7.74. The predicted molar refractivity (Wildman–Crippen MR) is 112 cm³/mol. The van der Waals surface area contributed by atoms with Crippen molar-refractivity contribution in [2.45, 2.75) is 50.8 Å². The largest absolute Gasteiger partial charge is 0.468 e. The SMILES string of the molecule is Clc1ccc(C2=NN3[C@H](C2)c2cc(Br)ccc2O[C@H]3C2CCCCC2)cc1. The number of hydrogen-bond acceptors (Lipinski definition) is 3. The first-order valence-electron chi connectivity index (χ1n) is 9.77. The Kier molecular flexibility index (Phi) is 4.65. The molecular weight excluding hydrogens is 424 g/mol. The zero-order chi connectivity index (χ0) is 18.4. The zero-order valence-corrected chi connectivity index (χ0v) is 17.4. The Bertz CT molecular complexity index is 876. The van der Waals surface area contributed by atoms with E-state index in [1.807, 2.05) is 12.1 Å². The van der Waals surface area contributed by atoms with Crippen molar-refractivity contribution in [3.63, 3.8) is 0 Å². The molecule has 3 nitrogen and oxygen atoms in total. The Hall–Kier alpha value is -1.52. The molecule has 5 heteroatoms. The molecular formula is C22H22BrClN2O. The lowest BCUT2D eigenvalue weighted by Crippen LogP contribution is -2.45. The number of fused-ring (bicyclic) bond motifs is 3. The molecule has 140 valence electrons. The van der Waals surface area contributed by atoms with E-state index in [1.165, 1.54) is 37.7 Å². The van der Waals surface area contributed by atoms with Crippen LogP contribution in [0, 0.1) is 5.92 Å². The highest BCUT2D eigenvalue weighted by molar-refractivity contribution is 9.10. The summed E-state index contributed by atoms with van der Waals surface area (Å²) >= 11 is 9.69. The van der Waals surface area contributed by atoms with Crippen LogP contribution in [0.1, 0.15) is 55.7 Å². The van der Waals surface area contributed by atoms with Crippen LogP contribution in [0.4, 0.5) is 0 Å². The molecule has 1 saturated carbocycles. The molecule has 0 saturated heterocycles. The van der Waals surface area contributed by atoms with Crippen LogP contribution in [0.2, 0.25) is 5.02 Å². The van der Waals surface area contributed by atoms with Crippen molar-refractivity contribution >= 4 is 33.2 Å². The van der Waals surface area contributed by atoms with Crippen LogP contribution in [0.3, 0.4) is 0 Å². The minimum absolute atomic E-state index is 0.0359. The molecule has 0 unspecified atom stereocenters. The number of halogens is 2. The maximum absolute atomic E-state index is 6.52. The van der Waals surface area contributed by atoms with Crippen molar-refractivity contribution < 1.29 is 4.74 Å². The maximum atomic E-state index is 6.52. The number of nitrogens with zero attached hydrogens (tertiary/aromatic N) is 2. The van der Waals surface area contributed by atoms with Crippen LogP contribution in [-0.2, 0) is 0 Å². The fourth-order valence-corrected chi connectivity index (χ4v) is 5.14. The van der Waals surface area contributed by atoms with Crippen molar-refractivity contribution in [2.24, 2.45) is 11.0 Å². The summed E-state index contributed by atoms with van der Waals surface area (Å²) in [6.45, 7) is 0. The van der Waals surface area contributed by atoms with Crippen LogP contribution in [0.15, 0.2) is 52.0 Å². The number of hydrogen-bond donors (Lipinski definition) is 0. The first kappa shape index (κ1) is 17.6. The summed E-state index contributed by atoms with van der Waals surface area (Å²) in [5.41, 5.74) is 3.49. The third kappa shape index (κ3) is 3.27. The standard InChI is InChI=1S/C22H22BrClN2O/c23-16-8-11-21-18(12-16)20-13-19(14-6-9-17(24)10-7-14)25-26(20)22(27-21)15-4-2-1-3-5-15/h6-12,15,20,22H,1-5,13H2/t20-,22+/m1/s1. The van der Waals surface area contributed by atoms with Crippen LogP contribution in [-0.4, -0.2) is 16.9 Å². The van der Waals surface area contributed by atoms with Crippen molar-refractivity contribution in [1.29, 1.82) is 0 Å². The second kappa shape index (κ2) is 7.14. The first-order chi connectivity index (χ1) is 13.2. The Morgan fingerprint density at radius 2 is 1.81 bits per heavy atom. The molecule has 0 bridgehead atoms. The van der Waals surface area contributed by atoms with Crippen LogP contribution in [0.25, 0.3) is 0 Å². The molecule has 0 radical (unpaired) electrons. The van der Waals surface area contributed by atoms with Gasteiger partial charge in [-0.05, 0) is 48.7 Å². The molecule has 2 atom stereocenters. The smallest absolute Gasteiger partial charge is 0.190 e. The van der Waals surface area contributed by atoms with E-state index in [0.717, 1.165) is 32.9 Å². The minimum atomic E-state index is 0.0359. The number of ether oxygens (including phenoxy) is 1. The van der Waals surface area contributed by atoms with Crippen molar-refractivity contribution in [3.8, 4) is 5.75 Å². The normalized spacial score (nSPS) is 24.8. The molecule has 0 spiro atoms. The number of rotatable bonds is 2. The lowest BCUT2D eigenvalue weighted by atomic mass is 9.86. The Morgan fingerprint density at radius 3 is 2.59 bits per heavy atom. The van der Waals surface area contributed by atoms with E-state index >= 15 is 0 Å². The van der Waals surface area contributed by atoms with Gasteiger partial charge in [-0.3, -0.25) is 0 Å². The van der Waals surface area contributed by atoms with Gasteiger partial charge in [-0.1, -0.05) is 58.9 Å². The van der Waals surface area contributed by atoms with Gasteiger partial charge >= 0.3 is 0 Å². The molecule has 2 aromatic carbocycles. The lowest BCUT2D eigenvalue weighted by molar-refractivity contribution is -0.0644. The summed E-state index contributed by atoms with van der Waals surface area (Å²) in [6, 6.07) is 14.6. The van der Waals surface area contributed by atoms with E-state index in [2.05, 4.69) is 51.3 Å². The first-order valence-corrected chi connectivity index (χ1v) is 10.9. The Morgan fingerprint density at radius 1 is 1.04 bits per heavy atom. The van der Waals surface area contributed by atoms with Gasteiger partial charge in [0, 0.05) is 27.4 Å². The highest BCUT2D eigenvalue weighted by Gasteiger charge is 2.43. The quantitative estimate of drug-likeness (QED) is 0.523. The molecule has 0 N–H and O–H groups in total. The molecule has 27 heavy (non-hydrogen) atoms. The van der Waals surface area contributed by atoms with E-state index in [1.54, 1.807) is 0 Å². The summed E-state index contributed by atoms with van der Waals surface area (Å²) in [6.07, 6.45) is 7.33. The number of benzene rings is 2. The van der Waals surface area contributed by atoms with Gasteiger partial charge in [-0.25, -0.2) is 5.01 Å². The van der Waals surface area contributed by atoms with Gasteiger partial charge in [-0.15, -0.1) is 0 Å². The number of hydrazone groups is 1. The molecule has 0 amide bonds. The third-order valence-electron chi connectivity index (χ3n) is 6.01. The fourth-order valence-electron chi connectivity index (χ4n) is 4.63. The van der Waals surface area contributed by atoms with Gasteiger partial charge in [-0.2, -0.15) is 5.10 Å². The molecule has 2 aromatic rings. The highest BCUT2D eigenvalue weighted by Crippen LogP contribution is 2.47. The average Bonchev–Trinajstić information content (AvgIpc) is 3.14. The van der Waals surface area contributed by atoms with E-state index < -0.39 is 0 Å². The summed E-state index contributed by atoms with van der Waals surface area (Å²) in [5, 5.41) is 8.06. The summed E-state index contributed by atoms with van der Waals surface area (Å²) < 4.78 is 7.60. The molecule has 3 aliphatic rings. The van der Waals surface area contributed by atoms with Crippen LogP contribution >= 0.6 is 27.5 Å². The van der Waals surface area contributed by atoms with Gasteiger partial charge in [0.1, 0.15) is 5.75 Å². The molecule has 1 fully saturated rings. The van der Waals surface area contributed by atoms with Gasteiger partial charge < -0.3 is 4.74 Å². The van der Waals surface area contributed by atoms with Gasteiger partial charge in [0.15, 0.2) is 6.23 Å². The third-order valence-corrected chi connectivity index (χ3v) is 6.76. The van der Waals surface area contributed by atoms with E-state index in [0.29, 0.717) is 5.92 Å². The molecule has 2 aliphatic heterocycles. The molecule has 5 rings (SSSR count). The maximum Gasteiger partial charge on any atom is 0.190 e. The lowest BCUT2D eigenvalue weighted by Gasteiger charge is -2.42. The minimum Gasteiger partial charge on any atom is -0.468 e. The predicted octanol–water partition coefficient (Wildman–Crippen LogP) is 6.55. The van der Waals surface area contributed by atoms with E-state index in [-0.39, 0.29) is 12.3 Å². The van der Waals surface area contributed by atoms with Gasteiger partial charge in [0.05, 0.1) is 11.8 Å². The second-order valence-corrected chi connectivity index (χ2v) is 9.09. The zero-order valence-electron chi connectivity index (χ0n) is 15.1. The van der Waals surface area contributed by atoms with E-state index in [4.69, 9.17) is 21.4 Å². The average molecular weight is 446 g/mol. The summed E-state index contributed by atoms with van der Waals surface area (Å²) in [5.74, 6) is 1.56. The monoisotopic (exact) mass is 444 g/mol. The van der Waals surface area contributed by atoms with Crippen molar-refractivity contribution in [1.82, 2.24) is 5.01 Å². The van der Waals surface area contributed by atoms with Crippen LogP contribution < -0.4 is 4.74 Å². The summed E-state index contributed by atoms with van der Waals surface area (Å²) in [7, 11) is 0. The molecule has 2 heterocycles. The fraction of sp³-hybridized carbons (Fsp3) is 0.409. The van der Waals surface area contributed by atoms with Gasteiger partial charge in [0.25, 0.3) is 0 Å². The van der Waals surface area contributed by atoms with Crippen LogP contribution in [0.5, 0.6) is 5.75 Å². The van der Waals surface area contributed by atoms with E-state index in [9.17, 15) is 0 Å². The van der Waals surface area contributed by atoms with Crippen molar-refractivity contribution in [3.05, 3.63) is 63.1 Å². The molecule has 0 aromatic heterocycles. The highest BCUT2D eigenvalue weighted by atomic mass is 79.9. The Balaban J connectivity index is 1.53. The van der Waals surface area contributed by atoms with Crippen molar-refractivity contribution in [2.75, 3.05) is 0 Å². The van der Waals surface area contributed by atoms with Gasteiger partial charge in [0.2, 0.25) is 0 Å². The Labute approximate surface area is 173 Å².